The minimum Gasteiger partial charge on any atom is -0.374 e. The maximum absolute atomic E-state index is 5.57. The molecule has 0 aromatic carbocycles. The predicted octanol–water partition coefficient (Wildman–Crippen LogP) is 0.742. The molecule has 0 unspecified atom stereocenters. The highest BCUT2D eigenvalue weighted by molar-refractivity contribution is 4.84. The zero-order valence-electron chi connectivity index (χ0n) is 8.25. The summed E-state index contributed by atoms with van der Waals surface area (Å²) >= 11 is 0. The molecule has 0 aromatic heterocycles. The minimum atomic E-state index is 0.278. The number of likely N-dealkylation sites (N-methyl/N-ethyl adjacent to an activating group) is 1. The Morgan fingerprint density at radius 2 is 1.50 bits per heavy atom. The van der Waals surface area contributed by atoms with Crippen LogP contribution in [0.2, 0.25) is 0 Å². The molecule has 12 heavy (non-hydrogen) atoms. The van der Waals surface area contributed by atoms with Crippen molar-refractivity contribution in [2.45, 2.75) is 26.1 Å². The second-order valence-corrected chi connectivity index (χ2v) is 3.21. The third-order valence-electron chi connectivity index (χ3n) is 2.16. The summed E-state index contributed by atoms with van der Waals surface area (Å²) in [6.45, 7) is 7.61. The van der Waals surface area contributed by atoms with Crippen molar-refractivity contribution in [3.8, 4) is 0 Å². The monoisotopic (exact) mass is 173 g/mol. The summed E-state index contributed by atoms with van der Waals surface area (Å²) in [4.78, 5) is 2.25. The van der Waals surface area contributed by atoms with Crippen molar-refractivity contribution in [2.75, 3.05) is 33.4 Å². The van der Waals surface area contributed by atoms with E-state index in [1.807, 2.05) is 13.8 Å². The largest absolute Gasteiger partial charge is 0.374 e. The van der Waals surface area contributed by atoms with Gasteiger partial charge in [0.1, 0.15) is 0 Å². The molecule has 1 aliphatic heterocycles. The maximum atomic E-state index is 5.57. The lowest BCUT2D eigenvalue weighted by atomic mass is 10.2. The van der Waals surface area contributed by atoms with Crippen LogP contribution in [0.3, 0.4) is 0 Å². The number of ether oxygens (including phenoxy) is 2. The third kappa shape index (κ3) is 2.44. The molecule has 2 atom stereocenters. The van der Waals surface area contributed by atoms with Crippen LogP contribution in [0.15, 0.2) is 0 Å². The standard InChI is InChI=1S/C9H19NO2/c1-4-11-8-6-10(3)7-9(8)12-5-2/h8-9H,4-7H2,1-3H3/t8-,9+. The van der Waals surface area contributed by atoms with Crippen LogP contribution >= 0.6 is 0 Å². The normalized spacial score (nSPS) is 31.2. The molecule has 1 aliphatic rings. The molecule has 1 saturated heterocycles. The van der Waals surface area contributed by atoms with E-state index in [4.69, 9.17) is 9.47 Å². The van der Waals surface area contributed by atoms with Crippen LogP contribution in [0.5, 0.6) is 0 Å². The Balaban J connectivity index is 2.36. The molecule has 0 spiro atoms. The second kappa shape index (κ2) is 4.80. The van der Waals surface area contributed by atoms with Gasteiger partial charge in [0.15, 0.2) is 0 Å². The van der Waals surface area contributed by atoms with Crippen molar-refractivity contribution in [1.29, 1.82) is 0 Å². The van der Waals surface area contributed by atoms with Crippen LogP contribution in [0.4, 0.5) is 0 Å². The summed E-state index contributed by atoms with van der Waals surface area (Å²) in [5, 5.41) is 0. The molecule has 0 N–H and O–H groups in total. The molecular formula is C9H19NO2. The van der Waals surface area contributed by atoms with Gasteiger partial charge in [-0.3, -0.25) is 0 Å². The highest BCUT2D eigenvalue weighted by Crippen LogP contribution is 2.14. The Hall–Kier alpha value is -0.120. The van der Waals surface area contributed by atoms with Crippen molar-refractivity contribution < 1.29 is 9.47 Å². The van der Waals surface area contributed by atoms with Gasteiger partial charge in [-0.15, -0.1) is 0 Å². The first kappa shape index (κ1) is 9.96. The van der Waals surface area contributed by atoms with Gasteiger partial charge >= 0.3 is 0 Å². The highest BCUT2D eigenvalue weighted by Gasteiger charge is 2.31. The molecular weight excluding hydrogens is 154 g/mol. The summed E-state index contributed by atoms with van der Waals surface area (Å²) in [6, 6.07) is 0. The first-order valence-electron chi connectivity index (χ1n) is 4.69. The molecule has 72 valence electrons. The molecule has 3 heteroatoms. The summed E-state index contributed by atoms with van der Waals surface area (Å²) < 4.78 is 11.1. The lowest BCUT2D eigenvalue weighted by Gasteiger charge is -2.17. The van der Waals surface area contributed by atoms with Crippen LogP contribution in [0.1, 0.15) is 13.8 Å². The SMILES string of the molecule is CCO[C@H]1CN(C)C[C@H]1OCC. The van der Waals surface area contributed by atoms with Gasteiger partial charge in [0.25, 0.3) is 0 Å². The van der Waals surface area contributed by atoms with E-state index in [0.29, 0.717) is 0 Å². The summed E-state index contributed by atoms with van der Waals surface area (Å²) in [5.41, 5.74) is 0. The molecule has 0 saturated carbocycles. The van der Waals surface area contributed by atoms with E-state index in [1.54, 1.807) is 0 Å². The average molecular weight is 173 g/mol. The molecule has 0 bridgehead atoms. The fourth-order valence-corrected chi connectivity index (χ4v) is 1.67. The summed E-state index contributed by atoms with van der Waals surface area (Å²) in [6.07, 6.45) is 0.555. The van der Waals surface area contributed by atoms with Crippen molar-refractivity contribution in [3.63, 3.8) is 0 Å². The lowest BCUT2D eigenvalue weighted by Crippen LogP contribution is -2.29. The molecule has 1 heterocycles. The number of rotatable bonds is 4. The molecule has 1 fully saturated rings. The van der Waals surface area contributed by atoms with Crippen LogP contribution in [-0.4, -0.2) is 50.5 Å². The molecule has 0 aliphatic carbocycles. The molecule has 0 aromatic rings. The maximum Gasteiger partial charge on any atom is 0.0975 e. The molecule has 1 rings (SSSR count). The number of nitrogens with zero attached hydrogens (tertiary/aromatic N) is 1. The Labute approximate surface area is 74.6 Å². The average Bonchev–Trinajstić information content (AvgIpc) is 2.33. The van der Waals surface area contributed by atoms with Crippen LogP contribution in [0.25, 0.3) is 0 Å². The molecule has 0 radical (unpaired) electrons. The highest BCUT2D eigenvalue weighted by atomic mass is 16.5. The quantitative estimate of drug-likeness (QED) is 0.626. The summed E-state index contributed by atoms with van der Waals surface area (Å²) in [7, 11) is 2.10. The Kier molecular flexibility index (Phi) is 3.98. The van der Waals surface area contributed by atoms with Crippen molar-refractivity contribution in [2.24, 2.45) is 0 Å². The van der Waals surface area contributed by atoms with E-state index in [0.717, 1.165) is 26.3 Å². The van der Waals surface area contributed by atoms with Crippen LogP contribution < -0.4 is 0 Å². The van der Waals surface area contributed by atoms with Gasteiger partial charge in [-0.25, -0.2) is 0 Å². The molecule has 3 nitrogen and oxygen atoms in total. The van der Waals surface area contributed by atoms with Gasteiger partial charge in [-0.2, -0.15) is 0 Å². The van der Waals surface area contributed by atoms with Crippen molar-refractivity contribution >= 4 is 0 Å². The van der Waals surface area contributed by atoms with Crippen LogP contribution in [0, 0.1) is 0 Å². The van der Waals surface area contributed by atoms with Gasteiger partial charge in [-0.1, -0.05) is 0 Å². The smallest absolute Gasteiger partial charge is 0.0975 e. The van der Waals surface area contributed by atoms with Gasteiger partial charge in [0, 0.05) is 26.3 Å². The van der Waals surface area contributed by atoms with E-state index in [9.17, 15) is 0 Å². The second-order valence-electron chi connectivity index (χ2n) is 3.21. The zero-order valence-corrected chi connectivity index (χ0v) is 8.25. The van der Waals surface area contributed by atoms with Gasteiger partial charge < -0.3 is 14.4 Å². The predicted molar refractivity (Wildman–Crippen MR) is 48.3 cm³/mol. The van der Waals surface area contributed by atoms with Crippen molar-refractivity contribution in [3.05, 3.63) is 0 Å². The number of likely N-dealkylation sites (tertiary alicyclic amines) is 1. The van der Waals surface area contributed by atoms with Gasteiger partial charge in [0.05, 0.1) is 12.2 Å². The number of hydrogen-bond donors (Lipinski definition) is 0. The topological polar surface area (TPSA) is 21.7 Å². The van der Waals surface area contributed by atoms with Crippen LogP contribution in [-0.2, 0) is 9.47 Å². The third-order valence-corrected chi connectivity index (χ3v) is 2.16. The Morgan fingerprint density at radius 1 is 1.08 bits per heavy atom. The van der Waals surface area contributed by atoms with E-state index < -0.39 is 0 Å². The fraction of sp³-hybridized carbons (Fsp3) is 1.00. The fourth-order valence-electron chi connectivity index (χ4n) is 1.67. The first-order valence-corrected chi connectivity index (χ1v) is 4.69. The number of hydrogen-bond acceptors (Lipinski definition) is 3. The van der Waals surface area contributed by atoms with E-state index in [-0.39, 0.29) is 12.2 Å². The van der Waals surface area contributed by atoms with Gasteiger partial charge in [-0.05, 0) is 20.9 Å². The minimum absolute atomic E-state index is 0.278. The van der Waals surface area contributed by atoms with Crippen molar-refractivity contribution in [1.82, 2.24) is 4.90 Å². The lowest BCUT2D eigenvalue weighted by molar-refractivity contribution is -0.0388. The van der Waals surface area contributed by atoms with E-state index in [1.165, 1.54) is 0 Å². The Morgan fingerprint density at radius 3 is 1.83 bits per heavy atom. The van der Waals surface area contributed by atoms with E-state index in [2.05, 4.69) is 11.9 Å². The first-order chi connectivity index (χ1) is 5.77. The van der Waals surface area contributed by atoms with E-state index >= 15 is 0 Å². The van der Waals surface area contributed by atoms with Gasteiger partial charge in [0.2, 0.25) is 0 Å². The zero-order chi connectivity index (χ0) is 8.97. The Bertz CT molecular complexity index is 116. The molecule has 0 amide bonds. The summed E-state index contributed by atoms with van der Waals surface area (Å²) in [5.74, 6) is 0.